The summed E-state index contributed by atoms with van der Waals surface area (Å²) in [7, 11) is 0. The van der Waals surface area contributed by atoms with E-state index in [1.807, 2.05) is 0 Å². The molecule has 0 spiro atoms. The minimum atomic E-state index is 0.0347. The highest BCUT2D eigenvalue weighted by Crippen LogP contribution is 2.37. The Kier molecular flexibility index (Phi) is 2.13. The van der Waals surface area contributed by atoms with E-state index in [0.29, 0.717) is 11.8 Å². The topological polar surface area (TPSA) is 50.2 Å². The summed E-state index contributed by atoms with van der Waals surface area (Å²) in [5, 5.41) is 3.21. The second-order valence-corrected chi connectivity index (χ2v) is 5.68. The van der Waals surface area contributed by atoms with E-state index >= 15 is 0 Å². The molecule has 2 saturated carbocycles. The molecule has 0 atom stereocenters. The van der Waals surface area contributed by atoms with E-state index in [0.717, 1.165) is 11.3 Å². The summed E-state index contributed by atoms with van der Waals surface area (Å²) in [5.74, 6) is 1.13. The lowest BCUT2D eigenvalue weighted by Crippen LogP contribution is -2.20. The van der Waals surface area contributed by atoms with Crippen molar-refractivity contribution >= 4 is 5.65 Å². The van der Waals surface area contributed by atoms with E-state index in [-0.39, 0.29) is 5.56 Å². The lowest BCUT2D eigenvalue weighted by Gasteiger charge is -2.24. The summed E-state index contributed by atoms with van der Waals surface area (Å²) in [5.41, 5.74) is 3.00. The average molecular weight is 243 g/mol. The van der Waals surface area contributed by atoms with Crippen LogP contribution in [-0.4, -0.2) is 14.6 Å². The van der Waals surface area contributed by atoms with Gasteiger partial charge in [0.05, 0.1) is 5.69 Å². The molecular weight excluding hydrogens is 226 g/mol. The van der Waals surface area contributed by atoms with Crippen molar-refractivity contribution in [3.8, 4) is 0 Å². The second-order valence-electron chi connectivity index (χ2n) is 5.68. The van der Waals surface area contributed by atoms with Gasteiger partial charge in [-0.15, -0.1) is 0 Å². The van der Waals surface area contributed by atoms with Crippen molar-refractivity contribution in [2.45, 2.75) is 50.4 Å². The first-order chi connectivity index (χ1) is 8.81. The maximum Gasteiger partial charge on any atom is 0.272 e. The third kappa shape index (κ3) is 1.44. The van der Waals surface area contributed by atoms with Crippen LogP contribution in [0.3, 0.4) is 0 Å². The van der Waals surface area contributed by atoms with Crippen LogP contribution in [0.15, 0.2) is 16.9 Å². The van der Waals surface area contributed by atoms with Gasteiger partial charge in [0.25, 0.3) is 5.56 Å². The number of nitrogens with zero attached hydrogens (tertiary/aromatic N) is 2. The Hall–Kier alpha value is -1.58. The van der Waals surface area contributed by atoms with Crippen molar-refractivity contribution in [2.24, 2.45) is 0 Å². The van der Waals surface area contributed by atoms with Crippen molar-refractivity contribution in [1.29, 1.82) is 0 Å². The van der Waals surface area contributed by atoms with E-state index in [1.165, 1.54) is 44.2 Å². The Labute approximate surface area is 105 Å². The Balaban J connectivity index is 1.81. The van der Waals surface area contributed by atoms with Crippen LogP contribution in [0, 0.1) is 0 Å². The van der Waals surface area contributed by atoms with Crippen molar-refractivity contribution in [2.75, 3.05) is 0 Å². The van der Waals surface area contributed by atoms with Crippen molar-refractivity contribution < 1.29 is 0 Å². The quantitative estimate of drug-likeness (QED) is 0.881. The maximum atomic E-state index is 12.1. The number of fused-ring (bicyclic) bond motifs is 1. The zero-order valence-corrected chi connectivity index (χ0v) is 10.4. The molecule has 2 fully saturated rings. The van der Waals surface area contributed by atoms with E-state index in [2.05, 4.69) is 16.1 Å². The molecule has 0 aromatic carbocycles. The van der Waals surface area contributed by atoms with Gasteiger partial charge < -0.3 is 0 Å². The molecular formula is C14H17N3O. The lowest BCUT2D eigenvalue weighted by atomic mass is 9.83. The summed E-state index contributed by atoms with van der Waals surface area (Å²) >= 11 is 0. The fourth-order valence-electron chi connectivity index (χ4n) is 2.87. The van der Waals surface area contributed by atoms with Crippen molar-refractivity contribution in [1.82, 2.24) is 14.6 Å². The van der Waals surface area contributed by atoms with Crippen LogP contribution in [-0.2, 0) is 0 Å². The van der Waals surface area contributed by atoms with Gasteiger partial charge >= 0.3 is 0 Å². The number of aromatic nitrogens is 3. The average Bonchev–Trinajstić information content (AvgIpc) is 2.56. The van der Waals surface area contributed by atoms with Crippen LogP contribution in [0.1, 0.15) is 61.7 Å². The molecule has 2 aliphatic rings. The van der Waals surface area contributed by atoms with Crippen LogP contribution in [0.2, 0.25) is 0 Å². The summed E-state index contributed by atoms with van der Waals surface area (Å²) in [4.78, 5) is 16.7. The highest BCUT2D eigenvalue weighted by Gasteiger charge is 2.24. The van der Waals surface area contributed by atoms with Crippen molar-refractivity contribution in [3.05, 3.63) is 33.9 Å². The van der Waals surface area contributed by atoms with Gasteiger partial charge in [-0.3, -0.25) is 9.89 Å². The molecule has 2 aliphatic carbocycles. The predicted molar refractivity (Wildman–Crippen MR) is 69.0 cm³/mol. The molecule has 2 heterocycles. The highest BCUT2D eigenvalue weighted by molar-refractivity contribution is 5.41. The second kappa shape index (κ2) is 3.70. The number of aromatic amines is 1. The third-order valence-corrected chi connectivity index (χ3v) is 4.56. The number of nitrogens with one attached hydrogen (secondary N) is 1. The largest absolute Gasteiger partial charge is 0.293 e. The number of rotatable bonds is 2. The fraction of sp³-hybridized carbons (Fsp3) is 0.571. The van der Waals surface area contributed by atoms with Gasteiger partial charge in [-0.05, 0) is 25.7 Å². The minimum Gasteiger partial charge on any atom is -0.293 e. The number of H-pyrrole nitrogens is 1. The maximum absolute atomic E-state index is 12.1. The molecule has 4 heteroatoms. The van der Waals surface area contributed by atoms with Gasteiger partial charge in [-0.2, -0.15) is 0 Å². The molecule has 0 amide bonds. The summed E-state index contributed by atoms with van der Waals surface area (Å²) in [6, 6.07) is 3.77. The van der Waals surface area contributed by atoms with Crippen LogP contribution in [0.25, 0.3) is 5.65 Å². The van der Waals surface area contributed by atoms with E-state index in [9.17, 15) is 4.79 Å². The zero-order chi connectivity index (χ0) is 12.1. The van der Waals surface area contributed by atoms with E-state index < -0.39 is 0 Å². The Morgan fingerprint density at radius 2 is 1.83 bits per heavy atom. The van der Waals surface area contributed by atoms with Crippen LogP contribution in [0.5, 0.6) is 0 Å². The monoisotopic (exact) mass is 243 g/mol. The molecule has 0 saturated heterocycles. The predicted octanol–water partition coefficient (Wildman–Crippen LogP) is 2.56. The lowest BCUT2D eigenvalue weighted by molar-refractivity contribution is 0.408. The standard InChI is InChI=1S/C14H17N3O/c18-14-8-11(9-3-1-4-9)15-13-7-12(16-17(13)14)10-5-2-6-10/h7-10,16H,1-6H2. The van der Waals surface area contributed by atoms with Crippen LogP contribution >= 0.6 is 0 Å². The molecule has 2 aromatic rings. The number of hydrogen-bond acceptors (Lipinski definition) is 2. The van der Waals surface area contributed by atoms with Crippen LogP contribution in [0.4, 0.5) is 0 Å². The Bertz CT molecular complexity index is 647. The molecule has 4 nitrogen and oxygen atoms in total. The molecule has 94 valence electrons. The summed E-state index contributed by atoms with van der Waals surface area (Å²) < 4.78 is 1.59. The fourth-order valence-corrected chi connectivity index (χ4v) is 2.87. The summed E-state index contributed by atoms with van der Waals surface area (Å²) in [6.45, 7) is 0. The molecule has 18 heavy (non-hydrogen) atoms. The normalized spacial score (nSPS) is 20.9. The van der Waals surface area contributed by atoms with Crippen LogP contribution < -0.4 is 5.56 Å². The Morgan fingerprint density at radius 3 is 2.44 bits per heavy atom. The van der Waals surface area contributed by atoms with Gasteiger partial charge in [0.15, 0.2) is 5.65 Å². The van der Waals surface area contributed by atoms with E-state index in [4.69, 9.17) is 0 Å². The zero-order valence-electron chi connectivity index (χ0n) is 10.4. The van der Waals surface area contributed by atoms with Gasteiger partial charge in [-0.1, -0.05) is 12.8 Å². The molecule has 0 aliphatic heterocycles. The first-order valence-corrected chi connectivity index (χ1v) is 6.94. The van der Waals surface area contributed by atoms with Gasteiger partial charge in [0, 0.05) is 29.7 Å². The van der Waals surface area contributed by atoms with Gasteiger partial charge in [0.2, 0.25) is 0 Å². The highest BCUT2D eigenvalue weighted by atomic mass is 16.1. The first-order valence-electron chi connectivity index (χ1n) is 6.94. The third-order valence-electron chi connectivity index (χ3n) is 4.56. The van der Waals surface area contributed by atoms with Gasteiger partial charge in [0.1, 0.15) is 0 Å². The molecule has 0 bridgehead atoms. The molecule has 0 unspecified atom stereocenters. The minimum absolute atomic E-state index is 0.0347. The Morgan fingerprint density at radius 1 is 1.11 bits per heavy atom. The van der Waals surface area contributed by atoms with Gasteiger partial charge in [-0.25, -0.2) is 9.50 Å². The summed E-state index contributed by atoms with van der Waals surface area (Å²) in [6.07, 6.45) is 7.40. The first kappa shape index (κ1) is 10.4. The number of hydrogen-bond donors (Lipinski definition) is 1. The molecule has 4 rings (SSSR count). The van der Waals surface area contributed by atoms with E-state index in [1.54, 1.807) is 10.6 Å². The molecule has 0 radical (unpaired) electrons. The molecule has 1 N–H and O–H groups in total. The SMILES string of the molecule is O=c1cc(C2CCC2)nc2cc(C3CCC3)[nH]n12. The smallest absolute Gasteiger partial charge is 0.272 e. The molecule has 2 aromatic heterocycles. The van der Waals surface area contributed by atoms with Crippen molar-refractivity contribution in [3.63, 3.8) is 0 Å².